The van der Waals surface area contributed by atoms with E-state index in [1.54, 1.807) is 44.4 Å². The molecule has 0 unspecified atom stereocenters. The van der Waals surface area contributed by atoms with Crippen LogP contribution in [0.3, 0.4) is 0 Å². The summed E-state index contributed by atoms with van der Waals surface area (Å²) in [4.78, 5) is 25.4. The van der Waals surface area contributed by atoms with Gasteiger partial charge in [-0.3, -0.25) is 14.3 Å². The van der Waals surface area contributed by atoms with Gasteiger partial charge in [-0.25, -0.2) is 0 Å². The average molecular weight is 388 g/mol. The molecule has 0 fully saturated rings. The molecule has 0 spiro atoms. The number of nitrogens with one attached hydrogen (secondary N) is 1. The lowest BCUT2D eigenvalue weighted by atomic mass is 10.1. The molecule has 1 atom stereocenters. The molecule has 0 aliphatic rings. The minimum Gasteiger partial charge on any atom is -0.394 e. The van der Waals surface area contributed by atoms with Gasteiger partial charge in [-0.15, -0.1) is 0 Å². The molecule has 1 aromatic carbocycles. The molecule has 0 saturated heterocycles. The normalized spacial score (nSPS) is 12.0. The van der Waals surface area contributed by atoms with Gasteiger partial charge in [-0.2, -0.15) is 14.9 Å². The third-order valence-corrected chi connectivity index (χ3v) is 4.14. The zero-order chi connectivity index (χ0) is 19.6. The number of halogens is 1. The summed E-state index contributed by atoms with van der Waals surface area (Å²) < 4.78 is 2.67. The Kier molecular flexibility index (Phi) is 5.38. The molecule has 2 aromatic heterocycles. The standard InChI is InChI=1S/C18H18ClN5O3/c1-11(10-25)21-17(26)15-7-16(12-3-5-13(19)6-4-12)22-24(18(15)27)14-8-20-23(2)9-14/h3-9,11,25H,10H2,1-2H3,(H,21,26)/t11-/m0/s1. The van der Waals surface area contributed by atoms with Crippen molar-refractivity contribution in [3.05, 3.63) is 63.7 Å². The Balaban J connectivity index is 2.17. The van der Waals surface area contributed by atoms with Crippen molar-refractivity contribution in [1.82, 2.24) is 24.9 Å². The van der Waals surface area contributed by atoms with E-state index in [9.17, 15) is 9.59 Å². The van der Waals surface area contributed by atoms with Crippen LogP contribution in [0.15, 0.2) is 47.5 Å². The van der Waals surface area contributed by atoms with Gasteiger partial charge in [0.1, 0.15) is 11.3 Å². The van der Waals surface area contributed by atoms with Crippen molar-refractivity contribution in [3.63, 3.8) is 0 Å². The first kappa shape index (κ1) is 18.8. The third-order valence-electron chi connectivity index (χ3n) is 3.88. The van der Waals surface area contributed by atoms with Gasteiger partial charge in [-0.1, -0.05) is 23.7 Å². The van der Waals surface area contributed by atoms with E-state index in [0.717, 1.165) is 4.68 Å². The number of aliphatic hydroxyl groups is 1. The fraction of sp³-hybridized carbons (Fsp3) is 0.222. The van der Waals surface area contributed by atoms with Crippen LogP contribution in [-0.4, -0.2) is 43.2 Å². The van der Waals surface area contributed by atoms with Gasteiger partial charge in [0.05, 0.1) is 24.7 Å². The summed E-state index contributed by atoms with van der Waals surface area (Å²) in [5.41, 5.74) is 0.892. The summed E-state index contributed by atoms with van der Waals surface area (Å²) in [5, 5.41) is 20.7. The Bertz CT molecular complexity index is 1030. The van der Waals surface area contributed by atoms with Gasteiger partial charge >= 0.3 is 0 Å². The number of aliphatic hydroxyl groups excluding tert-OH is 1. The molecule has 9 heteroatoms. The van der Waals surface area contributed by atoms with Crippen LogP contribution >= 0.6 is 11.6 Å². The van der Waals surface area contributed by atoms with Crippen LogP contribution in [0.25, 0.3) is 16.9 Å². The maximum absolute atomic E-state index is 12.8. The summed E-state index contributed by atoms with van der Waals surface area (Å²) in [6.07, 6.45) is 3.11. The van der Waals surface area contributed by atoms with Crippen molar-refractivity contribution in [1.29, 1.82) is 0 Å². The molecule has 2 heterocycles. The third kappa shape index (κ3) is 4.07. The lowest BCUT2D eigenvalue weighted by Crippen LogP contribution is -2.39. The van der Waals surface area contributed by atoms with Crippen LogP contribution < -0.4 is 10.9 Å². The maximum atomic E-state index is 12.8. The van der Waals surface area contributed by atoms with Crippen molar-refractivity contribution in [2.24, 2.45) is 7.05 Å². The number of aromatic nitrogens is 4. The number of carbonyl (C=O) groups excluding carboxylic acids is 1. The molecule has 27 heavy (non-hydrogen) atoms. The number of amides is 1. The van der Waals surface area contributed by atoms with E-state index in [-0.39, 0.29) is 12.2 Å². The van der Waals surface area contributed by atoms with E-state index in [4.69, 9.17) is 16.7 Å². The molecule has 0 aliphatic carbocycles. The number of rotatable bonds is 5. The summed E-state index contributed by atoms with van der Waals surface area (Å²) >= 11 is 5.93. The monoisotopic (exact) mass is 387 g/mol. The van der Waals surface area contributed by atoms with E-state index in [1.807, 2.05) is 0 Å². The number of aryl methyl sites for hydroxylation is 1. The van der Waals surface area contributed by atoms with Crippen LogP contribution in [0.1, 0.15) is 17.3 Å². The van der Waals surface area contributed by atoms with Crippen LogP contribution in [0.2, 0.25) is 5.02 Å². The van der Waals surface area contributed by atoms with E-state index < -0.39 is 17.5 Å². The highest BCUT2D eigenvalue weighted by molar-refractivity contribution is 6.30. The minimum atomic E-state index is -0.586. The first-order chi connectivity index (χ1) is 12.9. The van der Waals surface area contributed by atoms with Crippen molar-refractivity contribution in [2.45, 2.75) is 13.0 Å². The van der Waals surface area contributed by atoms with Crippen molar-refractivity contribution >= 4 is 17.5 Å². The quantitative estimate of drug-likeness (QED) is 0.689. The predicted octanol–water partition coefficient (Wildman–Crippen LogP) is 1.40. The fourth-order valence-corrected chi connectivity index (χ4v) is 2.58. The Morgan fingerprint density at radius 2 is 2.04 bits per heavy atom. The van der Waals surface area contributed by atoms with Gasteiger partial charge in [0.2, 0.25) is 0 Å². The van der Waals surface area contributed by atoms with Crippen LogP contribution in [-0.2, 0) is 7.05 Å². The number of nitrogens with zero attached hydrogens (tertiary/aromatic N) is 4. The summed E-state index contributed by atoms with van der Waals surface area (Å²) in [5.74, 6) is -0.586. The second-order valence-electron chi connectivity index (χ2n) is 6.10. The number of carbonyl (C=O) groups is 1. The molecule has 0 saturated carbocycles. The lowest BCUT2D eigenvalue weighted by Gasteiger charge is -2.13. The van der Waals surface area contributed by atoms with Crippen LogP contribution in [0.5, 0.6) is 0 Å². The molecule has 3 aromatic rings. The Hall–Kier alpha value is -2.97. The molecule has 0 bridgehead atoms. The molecule has 0 aliphatic heterocycles. The SMILES string of the molecule is C[C@@H](CO)NC(=O)c1cc(-c2ccc(Cl)cc2)nn(-c2cnn(C)c2)c1=O. The van der Waals surface area contributed by atoms with Gasteiger partial charge in [0, 0.05) is 23.7 Å². The van der Waals surface area contributed by atoms with E-state index in [1.165, 1.54) is 16.9 Å². The largest absolute Gasteiger partial charge is 0.394 e. The van der Waals surface area contributed by atoms with Crippen LogP contribution in [0.4, 0.5) is 0 Å². The highest BCUT2D eigenvalue weighted by Gasteiger charge is 2.19. The highest BCUT2D eigenvalue weighted by atomic mass is 35.5. The summed E-state index contributed by atoms with van der Waals surface area (Å²) in [6.45, 7) is 1.40. The average Bonchev–Trinajstić information content (AvgIpc) is 3.08. The first-order valence-electron chi connectivity index (χ1n) is 8.20. The lowest BCUT2D eigenvalue weighted by molar-refractivity contribution is 0.0920. The Morgan fingerprint density at radius 3 is 2.63 bits per heavy atom. The van der Waals surface area contributed by atoms with Gasteiger partial charge in [-0.05, 0) is 25.1 Å². The maximum Gasteiger partial charge on any atom is 0.284 e. The summed E-state index contributed by atoms with van der Waals surface area (Å²) in [6, 6.07) is 7.84. The molecule has 140 valence electrons. The zero-order valence-corrected chi connectivity index (χ0v) is 15.5. The summed E-state index contributed by atoms with van der Waals surface area (Å²) in [7, 11) is 1.72. The number of benzene rings is 1. The minimum absolute atomic E-state index is 0.0842. The highest BCUT2D eigenvalue weighted by Crippen LogP contribution is 2.20. The second-order valence-corrected chi connectivity index (χ2v) is 6.53. The smallest absolute Gasteiger partial charge is 0.284 e. The molecular formula is C18H18ClN5O3. The molecule has 3 rings (SSSR count). The first-order valence-corrected chi connectivity index (χ1v) is 8.58. The van der Waals surface area contributed by atoms with Crippen molar-refractivity contribution in [3.8, 4) is 16.9 Å². The van der Waals surface area contributed by atoms with Crippen molar-refractivity contribution in [2.75, 3.05) is 6.61 Å². The van der Waals surface area contributed by atoms with E-state index in [2.05, 4.69) is 15.5 Å². The predicted molar refractivity (Wildman–Crippen MR) is 101 cm³/mol. The molecule has 8 nitrogen and oxygen atoms in total. The number of hydrogen-bond donors (Lipinski definition) is 2. The van der Waals surface area contributed by atoms with Crippen LogP contribution in [0, 0.1) is 0 Å². The Morgan fingerprint density at radius 1 is 1.33 bits per heavy atom. The molecule has 1 amide bonds. The van der Waals surface area contributed by atoms with Gasteiger partial charge < -0.3 is 10.4 Å². The van der Waals surface area contributed by atoms with Gasteiger partial charge in [0.15, 0.2) is 0 Å². The topological polar surface area (TPSA) is 102 Å². The molecular weight excluding hydrogens is 370 g/mol. The second kappa shape index (κ2) is 7.73. The van der Waals surface area contributed by atoms with E-state index in [0.29, 0.717) is 22.0 Å². The number of hydrogen-bond acceptors (Lipinski definition) is 5. The van der Waals surface area contributed by atoms with Crippen molar-refractivity contribution < 1.29 is 9.90 Å². The molecule has 2 N–H and O–H groups in total. The molecule has 0 radical (unpaired) electrons. The zero-order valence-electron chi connectivity index (χ0n) is 14.8. The van der Waals surface area contributed by atoms with E-state index >= 15 is 0 Å². The van der Waals surface area contributed by atoms with Gasteiger partial charge in [0.25, 0.3) is 11.5 Å². The Labute approximate surface area is 160 Å². The fourth-order valence-electron chi connectivity index (χ4n) is 2.46.